The number of halogens is 2. The third kappa shape index (κ3) is 2.86. The third-order valence-corrected chi connectivity index (χ3v) is 3.83. The highest BCUT2D eigenvalue weighted by atomic mass is 79.9. The molecule has 0 fully saturated rings. The molecule has 2 aromatic carbocycles. The second-order valence-electron chi connectivity index (χ2n) is 4.21. The number of benzene rings is 2. The number of nitro benzene ring substituents is 1. The molecule has 0 aliphatic carbocycles. The Hall–Kier alpha value is -1.79. The van der Waals surface area contributed by atoms with Crippen LogP contribution < -0.4 is 11.1 Å². The standard InChI is InChI=1S/C13H11BrClN3O2/c1-7-5-8(14)12(6-9(7)15)17-11-4-2-3-10(16)13(11)18(19)20/h2-6,17H,16H2,1H3. The average molecular weight is 357 g/mol. The van der Waals surface area contributed by atoms with E-state index in [4.69, 9.17) is 17.3 Å². The van der Waals surface area contributed by atoms with E-state index in [1.807, 2.05) is 13.0 Å². The lowest BCUT2D eigenvalue weighted by Gasteiger charge is -2.11. The van der Waals surface area contributed by atoms with Crippen molar-refractivity contribution in [1.82, 2.24) is 0 Å². The molecule has 0 radical (unpaired) electrons. The minimum absolute atomic E-state index is 0.106. The van der Waals surface area contributed by atoms with E-state index in [-0.39, 0.29) is 11.4 Å². The molecule has 0 aliphatic heterocycles. The number of nitrogen functional groups attached to an aromatic ring is 1. The Morgan fingerprint density at radius 1 is 1.35 bits per heavy atom. The van der Waals surface area contributed by atoms with E-state index >= 15 is 0 Å². The average Bonchev–Trinajstić information content (AvgIpc) is 2.35. The van der Waals surface area contributed by atoms with Crippen LogP contribution in [0.15, 0.2) is 34.8 Å². The second-order valence-corrected chi connectivity index (χ2v) is 5.47. The van der Waals surface area contributed by atoms with Gasteiger partial charge in [-0.15, -0.1) is 0 Å². The van der Waals surface area contributed by atoms with Crippen molar-refractivity contribution < 1.29 is 4.92 Å². The molecule has 5 nitrogen and oxygen atoms in total. The minimum atomic E-state index is -0.513. The molecule has 7 heteroatoms. The van der Waals surface area contributed by atoms with Gasteiger partial charge >= 0.3 is 5.69 Å². The highest BCUT2D eigenvalue weighted by molar-refractivity contribution is 9.10. The monoisotopic (exact) mass is 355 g/mol. The molecular formula is C13H11BrClN3O2. The van der Waals surface area contributed by atoms with Gasteiger partial charge in [-0.3, -0.25) is 10.1 Å². The van der Waals surface area contributed by atoms with Crippen LogP contribution in [0.5, 0.6) is 0 Å². The maximum Gasteiger partial charge on any atom is 0.315 e. The van der Waals surface area contributed by atoms with Crippen LogP contribution in [0.3, 0.4) is 0 Å². The highest BCUT2D eigenvalue weighted by Gasteiger charge is 2.18. The first kappa shape index (κ1) is 14.6. The van der Waals surface area contributed by atoms with Crippen LogP contribution in [0.1, 0.15) is 5.56 Å². The van der Waals surface area contributed by atoms with E-state index in [0.717, 1.165) is 10.0 Å². The quantitative estimate of drug-likeness (QED) is 0.476. The van der Waals surface area contributed by atoms with Crippen LogP contribution in [0, 0.1) is 17.0 Å². The van der Waals surface area contributed by atoms with Crippen molar-refractivity contribution in [2.24, 2.45) is 0 Å². The van der Waals surface area contributed by atoms with E-state index < -0.39 is 4.92 Å². The van der Waals surface area contributed by atoms with Crippen LogP contribution in [0.25, 0.3) is 0 Å². The number of anilines is 3. The molecule has 0 spiro atoms. The summed E-state index contributed by atoms with van der Waals surface area (Å²) < 4.78 is 0.760. The van der Waals surface area contributed by atoms with Gasteiger partial charge in [0.25, 0.3) is 0 Å². The van der Waals surface area contributed by atoms with Crippen molar-refractivity contribution in [3.63, 3.8) is 0 Å². The van der Waals surface area contributed by atoms with Crippen LogP contribution in [0.4, 0.5) is 22.7 Å². The molecule has 0 aliphatic rings. The van der Waals surface area contributed by atoms with E-state index in [1.54, 1.807) is 18.2 Å². The van der Waals surface area contributed by atoms with Crippen molar-refractivity contribution in [1.29, 1.82) is 0 Å². The number of aryl methyl sites for hydroxylation is 1. The lowest BCUT2D eigenvalue weighted by molar-refractivity contribution is -0.383. The summed E-state index contributed by atoms with van der Waals surface area (Å²) >= 11 is 9.46. The van der Waals surface area contributed by atoms with Gasteiger partial charge in [0, 0.05) is 9.50 Å². The summed E-state index contributed by atoms with van der Waals surface area (Å²) in [6.07, 6.45) is 0. The van der Waals surface area contributed by atoms with Crippen LogP contribution in [0.2, 0.25) is 5.02 Å². The van der Waals surface area contributed by atoms with Crippen molar-refractivity contribution in [2.45, 2.75) is 6.92 Å². The number of para-hydroxylation sites is 1. The summed E-state index contributed by atoms with van der Waals surface area (Å²) in [5.74, 6) is 0. The summed E-state index contributed by atoms with van der Waals surface area (Å²) in [6, 6.07) is 8.26. The highest BCUT2D eigenvalue weighted by Crippen LogP contribution is 2.36. The maximum atomic E-state index is 11.1. The predicted octanol–water partition coefficient (Wildman–Crippen LogP) is 4.64. The molecule has 0 saturated heterocycles. The first-order chi connectivity index (χ1) is 9.40. The number of nitrogens with two attached hydrogens (primary N) is 1. The number of hydrogen-bond acceptors (Lipinski definition) is 4. The maximum absolute atomic E-state index is 11.1. The van der Waals surface area contributed by atoms with Gasteiger partial charge < -0.3 is 11.1 Å². The minimum Gasteiger partial charge on any atom is -0.393 e. The van der Waals surface area contributed by atoms with E-state index in [1.165, 1.54) is 6.07 Å². The normalized spacial score (nSPS) is 10.3. The van der Waals surface area contributed by atoms with Crippen LogP contribution in [-0.4, -0.2) is 4.92 Å². The summed E-state index contributed by atoms with van der Waals surface area (Å²) in [5, 5.41) is 14.6. The van der Waals surface area contributed by atoms with Crippen LogP contribution >= 0.6 is 27.5 Å². The molecule has 0 atom stereocenters. The van der Waals surface area contributed by atoms with Gasteiger partial charge in [-0.1, -0.05) is 17.7 Å². The smallest absolute Gasteiger partial charge is 0.315 e. The number of nitro groups is 1. The molecule has 2 aromatic rings. The summed E-state index contributed by atoms with van der Waals surface area (Å²) in [7, 11) is 0. The van der Waals surface area contributed by atoms with Crippen molar-refractivity contribution >= 4 is 50.3 Å². The van der Waals surface area contributed by atoms with E-state index in [2.05, 4.69) is 21.2 Å². The van der Waals surface area contributed by atoms with Gasteiger partial charge in [-0.2, -0.15) is 0 Å². The molecule has 2 rings (SSSR count). The summed E-state index contributed by atoms with van der Waals surface area (Å²) in [5.41, 5.74) is 7.46. The summed E-state index contributed by atoms with van der Waals surface area (Å²) in [6.45, 7) is 1.87. The predicted molar refractivity (Wildman–Crippen MR) is 84.7 cm³/mol. The van der Waals surface area contributed by atoms with E-state index in [0.29, 0.717) is 16.4 Å². The Morgan fingerprint density at radius 3 is 2.70 bits per heavy atom. The lowest BCUT2D eigenvalue weighted by Crippen LogP contribution is -2.01. The van der Waals surface area contributed by atoms with Gasteiger partial charge in [0.05, 0.1) is 10.6 Å². The Kier molecular flexibility index (Phi) is 4.15. The number of nitrogens with one attached hydrogen (secondary N) is 1. The molecule has 104 valence electrons. The number of nitrogens with zero attached hydrogens (tertiary/aromatic N) is 1. The van der Waals surface area contributed by atoms with E-state index in [9.17, 15) is 10.1 Å². The Morgan fingerprint density at radius 2 is 2.05 bits per heavy atom. The molecule has 0 saturated carbocycles. The molecule has 0 unspecified atom stereocenters. The molecule has 20 heavy (non-hydrogen) atoms. The SMILES string of the molecule is Cc1cc(Br)c(Nc2cccc(N)c2[N+](=O)[O-])cc1Cl. The van der Waals surface area contributed by atoms with Crippen molar-refractivity contribution in [3.05, 3.63) is 55.5 Å². The fourth-order valence-electron chi connectivity index (χ4n) is 1.75. The second kappa shape index (κ2) is 5.68. The van der Waals surface area contributed by atoms with Crippen molar-refractivity contribution in [2.75, 3.05) is 11.1 Å². The summed E-state index contributed by atoms with van der Waals surface area (Å²) in [4.78, 5) is 10.6. The van der Waals surface area contributed by atoms with Gasteiger partial charge in [-0.05, 0) is 52.7 Å². The first-order valence-electron chi connectivity index (χ1n) is 5.65. The fraction of sp³-hybridized carbons (Fsp3) is 0.0769. The largest absolute Gasteiger partial charge is 0.393 e. The van der Waals surface area contributed by atoms with Crippen molar-refractivity contribution in [3.8, 4) is 0 Å². The number of rotatable bonds is 3. The molecule has 0 aromatic heterocycles. The zero-order valence-electron chi connectivity index (χ0n) is 10.5. The van der Waals surface area contributed by atoms with Gasteiger partial charge in [0.2, 0.25) is 0 Å². The van der Waals surface area contributed by atoms with Gasteiger partial charge in [0.15, 0.2) is 0 Å². The molecule has 0 amide bonds. The Balaban J connectivity index is 2.48. The first-order valence-corrected chi connectivity index (χ1v) is 6.83. The zero-order valence-corrected chi connectivity index (χ0v) is 12.8. The molecule has 3 N–H and O–H groups in total. The lowest BCUT2D eigenvalue weighted by atomic mass is 10.2. The van der Waals surface area contributed by atoms with Crippen LogP contribution in [-0.2, 0) is 0 Å². The zero-order chi connectivity index (χ0) is 14.9. The Bertz CT molecular complexity index is 692. The topological polar surface area (TPSA) is 81.2 Å². The Labute approximate surface area is 129 Å². The fourth-order valence-corrected chi connectivity index (χ4v) is 2.47. The molecule has 0 heterocycles. The third-order valence-electron chi connectivity index (χ3n) is 2.77. The molecule has 0 bridgehead atoms. The number of hydrogen-bond donors (Lipinski definition) is 2. The molecular weight excluding hydrogens is 346 g/mol. The van der Waals surface area contributed by atoms with Gasteiger partial charge in [-0.25, -0.2) is 0 Å². The van der Waals surface area contributed by atoms with Gasteiger partial charge in [0.1, 0.15) is 11.4 Å².